The first kappa shape index (κ1) is 20.6. The van der Waals surface area contributed by atoms with Crippen molar-refractivity contribution in [1.82, 2.24) is 0 Å². The van der Waals surface area contributed by atoms with E-state index in [-0.39, 0.29) is 0 Å². The van der Waals surface area contributed by atoms with Crippen LogP contribution in [0.1, 0.15) is 20.8 Å². The molecule has 27 heavy (non-hydrogen) atoms. The summed E-state index contributed by atoms with van der Waals surface area (Å²) in [6.45, 7) is 5.36. The smallest absolute Gasteiger partial charge is 0.347 e. The molecule has 0 radical (unpaired) electrons. The molecule has 1 N–H and O–H groups in total. The maximum atomic E-state index is 12.3. The predicted octanol–water partition coefficient (Wildman–Crippen LogP) is 4.08. The maximum absolute atomic E-state index is 12.3. The third-order valence-corrected chi connectivity index (χ3v) is 3.82. The van der Waals surface area contributed by atoms with Crippen molar-refractivity contribution in [2.24, 2.45) is 0 Å². The number of amides is 1. The van der Waals surface area contributed by atoms with Crippen LogP contribution in [0.5, 0.6) is 11.5 Å². The van der Waals surface area contributed by atoms with Gasteiger partial charge in [-0.3, -0.25) is 4.79 Å². The minimum absolute atomic E-state index is 0.464. The van der Waals surface area contributed by atoms with Crippen molar-refractivity contribution in [2.75, 3.05) is 11.9 Å². The van der Waals surface area contributed by atoms with E-state index in [0.29, 0.717) is 28.8 Å². The first-order chi connectivity index (χ1) is 12.9. The highest BCUT2D eigenvalue weighted by Gasteiger charge is 2.24. The number of carbonyl (C=O) groups is 2. The second-order valence-electron chi connectivity index (χ2n) is 5.71. The minimum atomic E-state index is -0.997. The number of anilines is 1. The van der Waals surface area contributed by atoms with Gasteiger partial charge in [0.15, 0.2) is 12.2 Å². The zero-order valence-corrected chi connectivity index (χ0v) is 16.2. The largest absolute Gasteiger partial charge is 0.492 e. The summed E-state index contributed by atoms with van der Waals surface area (Å²) in [5.74, 6) is -0.0854. The Morgan fingerprint density at radius 1 is 1.04 bits per heavy atom. The van der Waals surface area contributed by atoms with Crippen LogP contribution in [-0.2, 0) is 14.3 Å². The van der Waals surface area contributed by atoms with E-state index in [4.69, 9.17) is 25.8 Å². The predicted molar refractivity (Wildman–Crippen MR) is 103 cm³/mol. The lowest BCUT2D eigenvalue weighted by Gasteiger charge is -2.18. The maximum Gasteiger partial charge on any atom is 0.347 e. The Hall–Kier alpha value is -2.73. The average Bonchev–Trinajstić information content (AvgIpc) is 2.65. The summed E-state index contributed by atoms with van der Waals surface area (Å²) in [5.41, 5.74) is 0.512. The van der Waals surface area contributed by atoms with Gasteiger partial charge in [-0.1, -0.05) is 23.7 Å². The van der Waals surface area contributed by atoms with Crippen LogP contribution in [-0.4, -0.2) is 30.7 Å². The molecule has 2 aromatic rings. The molecule has 1 amide bonds. The van der Waals surface area contributed by atoms with Gasteiger partial charge in [-0.05, 0) is 57.2 Å². The molecule has 0 unspecified atom stereocenters. The van der Waals surface area contributed by atoms with Gasteiger partial charge in [-0.15, -0.1) is 0 Å². The normalized spacial score (nSPS) is 12.6. The number of ether oxygens (including phenoxy) is 3. The molecule has 0 saturated heterocycles. The molecule has 0 saturated carbocycles. The number of esters is 1. The highest BCUT2D eigenvalue weighted by Crippen LogP contribution is 2.24. The van der Waals surface area contributed by atoms with Crippen molar-refractivity contribution in [3.8, 4) is 11.5 Å². The molecule has 0 aromatic heterocycles. The minimum Gasteiger partial charge on any atom is -0.492 e. The van der Waals surface area contributed by atoms with Crippen molar-refractivity contribution in [3.63, 3.8) is 0 Å². The van der Waals surface area contributed by atoms with E-state index in [0.717, 1.165) is 0 Å². The molecule has 2 aromatic carbocycles. The fraction of sp³-hybridized carbons (Fsp3) is 0.300. The molecule has 0 aliphatic heterocycles. The zero-order chi connectivity index (χ0) is 19.8. The van der Waals surface area contributed by atoms with Crippen molar-refractivity contribution in [1.29, 1.82) is 0 Å². The molecule has 6 nitrogen and oxygen atoms in total. The Morgan fingerprint density at radius 3 is 2.37 bits per heavy atom. The standard InChI is InChI=1S/C20H22ClNO5/c1-4-25-18-8-6-5-7-17(18)22-19(23)13(2)27-20(24)14(3)26-16-11-9-15(21)10-12-16/h5-14H,4H2,1-3H3,(H,22,23)/t13-,14-/m0/s1. The summed E-state index contributed by atoms with van der Waals surface area (Å²) < 4.78 is 16.2. The van der Waals surface area contributed by atoms with Crippen molar-refractivity contribution in [3.05, 3.63) is 53.6 Å². The molecular weight excluding hydrogens is 370 g/mol. The number of para-hydroxylation sites is 2. The van der Waals surface area contributed by atoms with Crippen LogP contribution in [0.2, 0.25) is 5.02 Å². The van der Waals surface area contributed by atoms with Gasteiger partial charge >= 0.3 is 5.97 Å². The monoisotopic (exact) mass is 391 g/mol. The third kappa shape index (κ3) is 6.18. The van der Waals surface area contributed by atoms with E-state index in [2.05, 4.69) is 5.32 Å². The first-order valence-corrected chi connectivity index (χ1v) is 8.94. The number of rotatable bonds is 8. The van der Waals surface area contributed by atoms with Gasteiger partial charge in [0.2, 0.25) is 0 Å². The fourth-order valence-corrected chi connectivity index (χ4v) is 2.30. The molecule has 0 aliphatic carbocycles. The number of hydrogen-bond acceptors (Lipinski definition) is 5. The number of hydrogen-bond donors (Lipinski definition) is 1. The second-order valence-corrected chi connectivity index (χ2v) is 6.15. The Labute approximate surface area is 163 Å². The van der Waals surface area contributed by atoms with Gasteiger partial charge in [0.1, 0.15) is 11.5 Å². The van der Waals surface area contributed by atoms with Crippen LogP contribution in [0, 0.1) is 0 Å². The topological polar surface area (TPSA) is 73.9 Å². The van der Waals surface area contributed by atoms with Gasteiger partial charge in [-0.2, -0.15) is 0 Å². The SMILES string of the molecule is CCOc1ccccc1NC(=O)[C@H](C)OC(=O)[C@H](C)Oc1ccc(Cl)cc1. The fourth-order valence-electron chi connectivity index (χ4n) is 2.17. The lowest BCUT2D eigenvalue weighted by Crippen LogP contribution is -2.35. The number of halogens is 1. The average molecular weight is 392 g/mol. The van der Waals surface area contributed by atoms with Gasteiger partial charge in [0.05, 0.1) is 12.3 Å². The van der Waals surface area contributed by atoms with Crippen LogP contribution in [0.15, 0.2) is 48.5 Å². The first-order valence-electron chi connectivity index (χ1n) is 8.56. The molecule has 2 rings (SSSR count). The molecule has 0 aliphatic rings. The van der Waals surface area contributed by atoms with Crippen LogP contribution < -0.4 is 14.8 Å². The van der Waals surface area contributed by atoms with E-state index < -0.39 is 24.1 Å². The Morgan fingerprint density at radius 2 is 1.70 bits per heavy atom. The highest BCUT2D eigenvalue weighted by atomic mass is 35.5. The van der Waals surface area contributed by atoms with E-state index in [1.54, 1.807) is 55.5 Å². The molecule has 7 heteroatoms. The Bertz CT molecular complexity index is 778. The van der Waals surface area contributed by atoms with E-state index in [1.165, 1.54) is 6.92 Å². The van der Waals surface area contributed by atoms with Crippen LogP contribution in [0.25, 0.3) is 0 Å². The van der Waals surface area contributed by atoms with Crippen LogP contribution >= 0.6 is 11.6 Å². The second kappa shape index (κ2) is 9.83. The highest BCUT2D eigenvalue weighted by molar-refractivity contribution is 6.30. The van der Waals surface area contributed by atoms with Crippen molar-refractivity contribution >= 4 is 29.2 Å². The van der Waals surface area contributed by atoms with Gasteiger partial charge < -0.3 is 19.5 Å². The van der Waals surface area contributed by atoms with Crippen molar-refractivity contribution < 1.29 is 23.8 Å². The van der Waals surface area contributed by atoms with Gasteiger partial charge in [0.25, 0.3) is 5.91 Å². The Kier molecular flexibility index (Phi) is 7.49. The van der Waals surface area contributed by atoms with Gasteiger partial charge in [0, 0.05) is 5.02 Å². The number of benzene rings is 2. The third-order valence-electron chi connectivity index (χ3n) is 3.57. The molecule has 0 spiro atoms. The zero-order valence-electron chi connectivity index (χ0n) is 15.4. The van der Waals surface area contributed by atoms with Gasteiger partial charge in [-0.25, -0.2) is 4.79 Å². The number of nitrogens with one attached hydrogen (secondary N) is 1. The molecule has 0 heterocycles. The summed E-state index contributed by atoms with van der Waals surface area (Å²) in [6, 6.07) is 13.6. The van der Waals surface area contributed by atoms with E-state index in [9.17, 15) is 9.59 Å². The summed E-state index contributed by atoms with van der Waals surface area (Å²) in [5, 5.41) is 3.26. The molecule has 144 valence electrons. The summed E-state index contributed by atoms with van der Waals surface area (Å²) in [6.07, 6.45) is -1.87. The van der Waals surface area contributed by atoms with E-state index in [1.807, 2.05) is 6.92 Å². The Balaban J connectivity index is 1.91. The summed E-state index contributed by atoms with van der Waals surface area (Å²) in [4.78, 5) is 24.5. The lowest BCUT2D eigenvalue weighted by atomic mass is 10.2. The van der Waals surface area contributed by atoms with Crippen LogP contribution in [0.3, 0.4) is 0 Å². The molecule has 0 fully saturated rings. The van der Waals surface area contributed by atoms with E-state index >= 15 is 0 Å². The quantitative estimate of drug-likeness (QED) is 0.686. The van der Waals surface area contributed by atoms with Crippen LogP contribution in [0.4, 0.5) is 5.69 Å². The summed E-state index contributed by atoms with van der Waals surface area (Å²) in [7, 11) is 0. The molecule has 0 bridgehead atoms. The molecule has 2 atom stereocenters. The lowest BCUT2D eigenvalue weighted by molar-refractivity contribution is -0.159. The molecular formula is C20H22ClNO5. The van der Waals surface area contributed by atoms with Crippen molar-refractivity contribution in [2.45, 2.75) is 33.0 Å². The number of carbonyl (C=O) groups excluding carboxylic acids is 2. The summed E-state index contributed by atoms with van der Waals surface area (Å²) >= 11 is 5.81.